The lowest BCUT2D eigenvalue weighted by Crippen LogP contribution is -2.08. The van der Waals surface area contributed by atoms with Crippen molar-refractivity contribution in [3.8, 4) is 0 Å². The Morgan fingerprint density at radius 2 is 1.94 bits per heavy atom. The second-order valence-electron chi connectivity index (χ2n) is 4.39. The first-order valence-corrected chi connectivity index (χ1v) is 6.38. The zero-order valence-corrected chi connectivity index (χ0v) is 11.1. The van der Waals surface area contributed by atoms with E-state index in [0.29, 0.717) is 0 Å². The Morgan fingerprint density at radius 1 is 1.19 bits per heavy atom. The van der Waals surface area contributed by atoms with E-state index in [0.717, 1.165) is 19.5 Å². The van der Waals surface area contributed by atoms with Crippen molar-refractivity contribution < 1.29 is 0 Å². The Labute approximate surface area is 99.2 Å². The van der Waals surface area contributed by atoms with Gasteiger partial charge in [0.2, 0.25) is 0 Å². The van der Waals surface area contributed by atoms with Gasteiger partial charge in [-0.3, -0.25) is 4.68 Å². The third kappa shape index (κ3) is 3.34. The smallest absolute Gasteiger partial charge is 0.0628 e. The molecule has 0 bridgehead atoms. The third-order valence-corrected chi connectivity index (χ3v) is 3.18. The van der Waals surface area contributed by atoms with Gasteiger partial charge in [-0.25, -0.2) is 0 Å². The van der Waals surface area contributed by atoms with Crippen LogP contribution in [0.25, 0.3) is 0 Å². The van der Waals surface area contributed by atoms with Gasteiger partial charge in [0.05, 0.1) is 5.69 Å². The van der Waals surface area contributed by atoms with Crippen LogP contribution >= 0.6 is 0 Å². The van der Waals surface area contributed by atoms with Crippen LogP contribution in [0, 0.1) is 13.8 Å². The Morgan fingerprint density at radius 3 is 2.50 bits per heavy atom. The average molecular weight is 223 g/mol. The number of rotatable bonds is 7. The predicted octanol–water partition coefficient (Wildman–Crippen LogP) is 2.45. The molecule has 0 aliphatic rings. The van der Waals surface area contributed by atoms with Crippen LogP contribution in [0.15, 0.2) is 0 Å². The van der Waals surface area contributed by atoms with E-state index < -0.39 is 0 Å². The fourth-order valence-electron chi connectivity index (χ4n) is 2.20. The molecule has 3 nitrogen and oxygen atoms in total. The molecule has 1 aromatic heterocycles. The van der Waals surface area contributed by atoms with Crippen molar-refractivity contribution in [3.63, 3.8) is 0 Å². The number of nitrogens with one attached hydrogen (secondary N) is 1. The molecule has 16 heavy (non-hydrogen) atoms. The van der Waals surface area contributed by atoms with E-state index in [1.54, 1.807) is 0 Å². The minimum atomic E-state index is 1.07. The molecular weight excluding hydrogens is 198 g/mol. The first-order chi connectivity index (χ1) is 7.70. The summed E-state index contributed by atoms with van der Waals surface area (Å²) >= 11 is 0. The van der Waals surface area contributed by atoms with Gasteiger partial charge in [0.15, 0.2) is 0 Å². The summed E-state index contributed by atoms with van der Waals surface area (Å²) in [6, 6.07) is 0. The van der Waals surface area contributed by atoms with Crippen LogP contribution in [0.4, 0.5) is 0 Å². The van der Waals surface area contributed by atoms with Gasteiger partial charge in [0, 0.05) is 12.2 Å². The van der Waals surface area contributed by atoms with Gasteiger partial charge in [0.25, 0.3) is 0 Å². The molecule has 1 N–H and O–H groups in total. The summed E-state index contributed by atoms with van der Waals surface area (Å²) in [4.78, 5) is 0. The SMILES string of the molecule is CCc1c(C)nn(CCCCCNC)c1C. The molecule has 0 aromatic carbocycles. The highest BCUT2D eigenvalue weighted by molar-refractivity contribution is 5.24. The lowest BCUT2D eigenvalue weighted by atomic mass is 10.1. The van der Waals surface area contributed by atoms with Gasteiger partial charge in [0.1, 0.15) is 0 Å². The van der Waals surface area contributed by atoms with Crippen LogP contribution < -0.4 is 5.32 Å². The number of aryl methyl sites for hydroxylation is 2. The van der Waals surface area contributed by atoms with Crippen molar-refractivity contribution in [2.45, 2.75) is 53.0 Å². The Bertz CT molecular complexity index is 315. The van der Waals surface area contributed by atoms with E-state index in [4.69, 9.17) is 0 Å². The summed E-state index contributed by atoms with van der Waals surface area (Å²) in [5.74, 6) is 0. The van der Waals surface area contributed by atoms with Crippen LogP contribution in [-0.2, 0) is 13.0 Å². The summed E-state index contributed by atoms with van der Waals surface area (Å²) in [5, 5.41) is 7.78. The molecule has 92 valence electrons. The number of unbranched alkanes of at least 4 members (excludes halogenated alkanes) is 2. The summed E-state index contributed by atoms with van der Waals surface area (Å²) in [6.45, 7) is 8.69. The van der Waals surface area contributed by atoms with Crippen molar-refractivity contribution in [2.24, 2.45) is 0 Å². The molecule has 0 amide bonds. The molecule has 1 aromatic rings. The van der Waals surface area contributed by atoms with Gasteiger partial charge >= 0.3 is 0 Å². The third-order valence-electron chi connectivity index (χ3n) is 3.18. The van der Waals surface area contributed by atoms with E-state index in [9.17, 15) is 0 Å². The quantitative estimate of drug-likeness (QED) is 0.720. The van der Waals surface area contributed by atoms with Crippen LogP contribution in [0.2, 0.25) is 0 Å². The average Bonchev–Trinajstić information content (AvgIpc) is 2.53. The maximum atomic E-state index is 4.60. The topological polar surface area (TPSA) is 29.9 Å². The molecule has 0 saturated carbocycles. The largest absolute Gasteiger partial charge is 0.320 e. The fourth-order valence-corrected chi connectivity index (χ4v) is 2.20. The first-order valence-electron chi connectivity index (χ1n) is 6.38. The lowest BCUT2D eigenvalue weighted by molar-refractivity contribution is 0.526. The van der Waals surface area contributed by atoms with E-state index in [1.165, 1.54) is 36.2 Å². The minimum absolute atomic E-state index is 1.07. The highest BCUT2D eigenvalue weighted by Gasteiger charge is 2.08. The van der Waals surface area contributed by atoms with Crippen LogP contribution in [0.5, 0.6) is 0 Å². The molecule has 0 aliphatic carbocycles. The second-order valence-corrected chi connectivity index (χ2v) is 4.39. The van der Waals surface area contributed by atoms with E-state index in [1.807, 2.05) is 7.05 Å². The molecule has 0 fully saturated rings. The summed E-state index contributed by atoms with van der Waals surface area (Å²) in [5.41, 5.74) is 3.99. The first kappa shape index (κ1) is 13.2. The molecular formula is C13H25N3. The Hall–Kier alpha value is -0.830. The molecule has 0 spiro atoms. The van der Waals surface area contributed by atoms with Crippen molar-refractivity contribution in [2.75, 3.05) is 13.6 Å². The number of nitrogens with zero attached hydrogens (tertiary/aromatic N) is 2. The van der Waals surface area contributed by atoms with E-state index in [-0.39, 0.29) is 0 Å². The van der Waals surface area contributed by atoms with Crippen LogP contribution in [0.1, 0.15) is 43.1 Å². The standard InChI is InChI=1S/C13H25N3/c1-5-13-11(2)15-16(12(13)3)10-8-6-7-9-14-4/h14H,5-10H2,1-4H3. The van der Waals surface area contributed by atoms with Crippen LogP contribution in [-0.4, -0.2) is 23.4 Å². The molecule has 0 saturated heterocycles. The van der Waals surface area contributed by atoms with Crippen molar-refractivity contribution in [1.82, 2.24) is 15.1 Å². The zero-order valence-electron chi connectivity index (χ0n) is 11.1. The van der Waals surface area contributed by atoms with E-state index in [2.05, 4.69) is 35.9 Å². The molecule has 0 aliphatic heterocycles. The summed E-state index contributed by atoms with van der Waals surface area (Å²) < 4.78 is 2.17. The summed E-state index contributed by atoms with van der Waals surface area (Å²) in [6.07, 6.45) is 4.86. The number of hydrogen-bond donors (Lipinski definition) is 1. The van der Waals surface area contributed by atoms with Crippen molar-refractivity contribution in [1.29, 1.82) is 0 Å². The number of hydrogen-bond acceptors (Lipinski definition) is 2. The van der Waals surface area contributed by atoms with Crippen molar-refractivity contribution >= 4 is 0 Å². The highest BCUT2D eigenvalue weighted by Crippen LogP contribution is 2.14. The van der Waals surface area contributed by atoms with Gasteiger partial charge in [-0.2, -0.15) is 5.10 Å². The number of aromatic nitrogens is 2. The van der Waals surface area contributed by atoms with E-state index >= 15 is 0 Å². The molecule has 1 heterocycles. The second kappa shape index (κ2) is 6.69. The maximum Gasteiger partial charge on any atom is 0.0628 e. The molecule has 0 unspecified atom stereocenters. The zero-order chi connectivity index (χ0) is 12.0. The van der Waals surface area contributed by atoms with Gasteiger partial charge in [-0.05, 0) is 52.3 Å². The monoisotopic (exact) mass is 223 g/mol. The van der Waals surface area contributed by atoms with Crippen molar-refractivity contribution in [3.05, 3.63) is 17.0 Å². The van der Waals surface area contributed by atoms with Gasteiger partial charge in [-0.15, -0.1) is 0 Å². The molecule has 0 atom stereocenters. The molecule has 0 radical (unpaired) electrons. The summed E-state index contributed by atoms with van der Waals surface area (Å²) in [7, 11) is 2.01. The maximum absolute atomic E-state index is 4.60. The van der Waals surface area contributed by atoms with Gasteiger partial charge in [-0.1, -0.05) is 13.3 Å². The lowest BCUT2D eigenvalue weighted by Gasteiger charge is -2.05. The highest BCUT2D eigenvalue weighted by atomic mass is 15.3. The minimum Gasteiger partial charge on any atom is -0.320 e. The van der Waals surface area contributed by atoms with Gasteiger partial charge < -0.3 is 5.32 Å². The fraction of sp³-hybridized carbons (Fsp3) is 0.769. The Balaban J connectivity index is 2.42. The molecule has 1 rings (SSSR count). The molecule has 3 heteroatoms. The predicted molar refractivity (Wildman–Crippen MR) is 68.9 cm³/mol. The normalized spacial score (nSPS) is 11.0. The van der Waals surface area contributed by atoms with Crippen LogP contribution in [0.3, 0.4) is 0 Å². The Kier molecular flexibility index (Phi) is 5.53.